The van der Waals surface area contributed by atoms with Crippen molar-refractivity contribution in [3.63, 3.8) is 0 Å². The molecule has 1 saturated heterocycles. The molecule has 0 spiro atoms. The minimum absolute atomic E-state index is 0.0651. The number of nitrogens with one attached hydrogen (secondary N) is 1. The molecule has 3 rings (SSSR count). The molecule has 1 aromatic heterocycles. The van der Waals surface area contributed by atoms with Crippen LogP contribution in [0.5, 0.6) is 0 Å². The molecule has 2 unspecified atom stereocenters. The van der Waals surface area contributed by atoms with E-state index in [4.69, 9.17) is 4.98 Å². The third kappa shape index (κ3) is 2.31. The average molecular weight is 245 g/mol. The van der Waals surface area contributed by atoms with E-state index >= 15 is 0 Å². The largest absolute Gasteiger partial charge is 0.365 e. The summed E-state index contributed by atoms with van der Waals surface area (Å²) in [4.78, 5) is 7.28. The summed E-state index contributed by atoms with van der Waals surface area (Å²) in [7, 11) is 0. The van der Waals surface area contributed by atoms with E-state index in [0.29, 0.717) is 0 Å². The van der Waals surface area contributed by atoms with E-state index < -0.39 is 0 Å². The highest BCUT2D eigenvalue weighted by atomic mass is 15.3. The third-order valence-corrected chi connectivity index (χ3v) is 3.94. The van der Waals surface area contributed by atoms with Gasteiger partial charge in [0.15, 0.2) is 0 Å². The Morgan fingerprint density at radius 2 is 2.11 bits per heavy atom. The van der Waals surface area contributed by atoms with Crippen LogP contribution in [0.4, 0.5) is 11.6 Å². The molecule has 2 fully saturated rings. The Bertz CT molecular complexity index is 436. The number of fused-ring (bicyclic) bond motifs is 2. The first kappa shape index (κ1) is 11.8. The van der Waals surface area contributed by atoms with Gasteiger partial charge in [-0.25, -0.2) is 4.98 Å². The van der Waals surface area contributed by atoms with Gasteiger partial charge in [0.05, 0.1) is 0 Å². The molecule has 2 bridgehead atoms. The van der Waals surface area contributed by atoms with E-state index in [1.165, 1.54) is 25.8 Å². The van der Waals surface area contributed by atoms with Crippen LogP contribution >= 0.6 is 0 Å². The van der Waals surface area contributed by atoms with Crippen molar-refractivity contribution in [3.05, 3.63) is 18.2 Å². The molecule has 0 radical (unpaired) electrons. The highest BCUT2D eigenvalue weighted by molar-refractivity contribution is 5.50. The SMILES string of the molecule is CC(C)(C)Nc1cccc(N2CC3CCC2C3)n1. The molecule has 18 heavy (non-hydrogen) atoms. The smallest absolute Gasteiger partial charge is 0.131 e. The number of piperidine rings is 1. The summed E-state index contributed by atoms with van der Waals surface area (Å²) in [6.45, 7) is 7.70. The fraction of sp³-hybridized carbons (Fsp3) is 0.667. The number of hydrogen-bond donors (Lipinski definition) is 1. The topological polar surface area (TPSA) is 28.2 Å². The average Bonchev–Trinajstić information content (AvgIpc) is 2.88. The Balaban J connectivity index is 1.79. The standard InChI is InChI=1S/C15H23N3/c1-15(2,3)17-13-5-4-6-14(16-13)18-10-11-7-8-12(18)9-11/h4-6,11-12H,7-10H2,1-3H3,(H,16,17). The molecule has 98 valence electrons. The molecule has 2 heterocycles. The number of aromatic nitrogens is 1. The minimum atomic E-state index is 0.0651. The van der Waals surface area contributed by atoms with Crippen molar-refractivity contribution >= 4 is 11.6 Å². The lowest BCUT2D eigenvalue weighted by molar-refractivity contribution is 0.550. The Kier molecular flexibility index (Phi) is 2.72. The maximum Gasteiger partial charge on any atom is 0.131 e. The lowest BCUT2D eigenvalue weighted by Crippen LogP contribution is -2.33. The molecular weight excluding hydrogens is 222 g/mol. The number of pyridine rings is 1. The molecular formula is C15H23N3. The zero-order valence-corrected chi connectivity index (χ0v) is 11.6. The second-order valence-electron chi connectivity index (χ2n) is 6.74. The van der Waals surface area contributed by atoms with Crippen LogP contribution in [0.25, 0.3) is 0 Å². The highest BCUT2D eigenvalue weighted by Gasteiger charge is 2.38. The third-order valence-electron chi connectivity index (χ3n) is 3.94. The van der Waals surface area contributed by atoms with Crippen molar-refractivity contribution in [2.75, 3.05) is 16.8 Å². The van der Waals surface area contributed by atoms with Crippen LogP contribution in [0.2, 0.25) is 0 Å². The first-order valence-electron chi connectivity index (χ1n) is 7.03. The zero-order chi connectivity index (χ0) is 12.8. The Hall–Kier alpha value is -1.25. The van der Waals surface area contributed by atoms with Gasteiger partial charge in [0.25, 0.3) is 0 Å². The predicted molar refractivity (Wildman–Crippen MR) is 76.1 cm³/mol. The number of anilines is 2. The van der Waals surface area contributed by atoms with Crippen LogP contribution in [0.3, 0.4) is 0 Å². The van der Waals surface area contributed by atoms with E-state index in [9.17, 15) is 0 Å². The van der Waals surface area contributed by atoms with Gasteiger partial charge < -0.3 is 10.2 Å². The quantitative estimate of drug-likeness (QED) is 0.866. The fourth-order valence-corrected chi connectivity index (χ4v) is 3.24. The van der Waals surface area contributed by atoms with Crippen molar-refractivity contribution < 1.29 is 0 Å². The summed E-state index contributed by atoms with van der Waals surface area (Å²) >= 11 is 0. The van der Waals surface area contributed by atoms with Crippen LogP contribution in [-0.4, -0.2) is 23.1 Å². The lowest BCUT2D eigenvalue weighted by atomic mass is 10.1. The molecule has 2 atom stereocenters. The van der Waals surface area contributed by atoms with Crippen molar-refractivity contribution in [1.82, 2.24) is 4.98 Å². The summed E-state index contributed by atoms with van der Waals surface area (Å²) in [6, 6.07) is 7.06. The van der Waals surface area contributed by atoms with Gasteiger partial charge in [0.2, 0.25) is 0 Å². The van der Waals surface area contributed by atoms with E-state index in [0.717, 1.165) is 23.6 Å². The van der Waals surface area contributed by atoms with Gasteiger partial charge in [-0.1, -0.05) is 6.07 Å². The molecule has 1 aliphatic carbocycles. The van der Waals surface area contributed by atoms with Crippen molar-refractivity contribution in [2.45, 2.75) is 51.6 Å². The molecule has 1 aromatic rings. The van der Waals surface area contributed by atoms with Gasteiger partial charge in [0.1, 0.15) is 11.6 Å². The second kappa shape index (κ2) is 4.15. The van der Waals surface area contributed by atoms with E-state index in [2.05, 4.69) is 49.2 Å². The molecule has 1 saturated carbocycles. The first-order valence-corrected chi connectivity index (χ1v) is 7.03. The lowest BCUT2D eigenvalue weighted by Gasteiger charge is -2.29. The number of rotatable bonds is 2. The molecule has 2 aliphatic rings. The monoisotopic (exact) mass is 245 g/mol. The predicted octanol–water partition coefficient (Wildman–Crippen LogP) is 3.28. The van der Waals surface area contributed by atoms with Crippen LogP contribution in [0, 0.1) is 5.92 Å². The van der Waals surface area contributed by atoms with Crippen LogP contribution in [0.15, 0.2) is 18.2 Å². The summed E-state index contributed by atoms with van der Waals surface area (Å²) in [6.07, 6.45) is 4.14. The van der Waals surface area contributed by atoms with Crippen LogP contribution in [0.1, 0.15) is 40.0 Å². The van der Waals surface area contributed by atoms with Gasteiger partial charge in [-0.2, -0.15) is 0 Å². The summed E-state index contributed by atoms with van der Waals surface area (Å²) < 4.78 is 0. The van der Waals surface area contributed by atoms with Crippen molar-refractivity contribution in [2.24, 2.45) is 5.92 Å². The molecule has 3 heteroatoms. The van der Waals surface area contributed by atoms with Crippen molar-refractivity contribution in [1.29, 1.82) is 0 Å². The minimum Gasteiger partial charge on any atom is -0.365 e. The van der Waals surface area contributed by atoms with Crippen molar-refractivity contribution in [3.8, 4) is 0 Å². The summed E-state index contributed by atoms with van der Waals surface area (Å²) in [5, 5.41) is 3.45. The van der Waals surface area contributed by atoms with E-state index in [1.807, 2.05) is 0 Å². The Labute approximate surface area is 110 Å². The van der Waals surface area contributed by atoms with Gasteiger partial charge in [0, 0.05) is 18.1 Å². The van der Waals surface area contributed by atoms with Gasteiger partial charge in [-0.3, -0.25) is 0 Å². The summed E-state index contributed by atoms with van der Waals surface area (Å²) in [5.74, 6) is 3.05. The van der Waals surface area contributed by atoms with Gasteiger partial charge >= 0.3 is 0 Å². The Morgan fingerprint density at radius 1 is 1.28 bits per heavy atom. The van der Waals surface area contributed by atoms with Gasteiger partial charge in [-0.15, -0.1) is 0 Å². The van der Waals surface area contributed by atoms with E-state index in [-0.39, 0.29) is 5.54 Å². The van der Waals surface area contributed by atoms with Crippen LogP contribution in [-0.2, 0) is 0 Å². The number of hydrogen-bond acceptors (Lipinski definition) is 3. The molecule has 1 aliphatic heterocycles. The summed E-state index contributed by atoms with van der Waals surface area (Å²) in [5.41, 5.74) is 0.0651. The molecule has 0 amide bonds. The maximum atomic E-state index is 4.77. The van der Waals surface area contributed by atoms with Crippen LogP contribution < -0.4 is 10.2 Å². The fourth-order valence-electron chi connectivity index (χ4n) is 3.24. The molecule has 1 N–H and O–H groups in total. The van der Waals surface area contributed by atoms with E-state index in [1.54, 1.807) is 0 Å². The number of nitrogens with zero attached hydrogens (tertiary/aromatic N) is 2. The normalized spacial score (nSPS) is 26.7. The van der Waals surface area contributed by atoms with Gasteiger partial charge in [-0.05, 0) is 58.1 Å². The first-order chi connectivity index (χ1) is 8.51. The Morgan fingerprint density at radius 3 is 2.72 bits per heavy atom. The molecule has 3 nitrogen and oxygen atoms in total. The highest BCUT2D eigenvalue weighted by Crippen LogP contribution is 2.39. The maximum absolute atomic E-state index is 4.77. The molecule has 0 aromatic carbocycles. The zero-order valence-electron chi connectivity index (χ0n) is 11.6. The second-order valence-corrected chi connectivity index (χ2v) is 6.74.